The Bertz CT molecular complexity index is 632. The molecule has 0 atom stereocenters. The van der Waals surface area contributed by atoms with Crippen molar-refractivity contribution in [2.75, 3.05) is 12.3 Å². The van der Waals surface area contributed by atoms with E-state index >= 15 is 0 Å². The molecule has 0 bridgehead atoms. The van der Waals surface area contributed by atoms with E-state index in [4.69, 9.17) is 5.73 Å². The Morgan fingerprint density at radius 3 is 3.00 bits per heavy atom. The molecule has 1 amide bonds. The van der Waals surface area contributed by atoms with Crippen LogP contribution in [0.5, 0.6) is 0 Å². The summed E-state index contributed by atoms with van der Waals surface area (Å²) < 4.78 is 2.07. The van der Waals surface area contributed by atoms with E-state index in [0.29, 0.717) is 24.3 Å². The highest BCUT2D eigenvalue weighted by Gasteiger charge is 2.23. The summed E-state index contributed by atoms with van der Waals surface area (Å²) in [5.41, 5.74) is 8.11. The van der Waals surface area contributed by atoms with Gasteiger partial charge in [0, 0.05) is 31.2 Å². The SMILES string of the molecule is Cc1ccc(C(=O)N2CCn3ccnc3C2)c(N)c1. The largest absolute Gasteiger partial charge is 0.398 e. The molecule has 1 aromatic carbocycles. The van der Waals surface area contributed by atoms with Crippen LogP contribution in [-0.2, 0) is 13.1 Å². The fourth-order valence-corrected chi connectivity index (χ4v) is 2.39. The summed E-state index contributed by atoms with van der Waals surface area (Å²) in [6.45, 7) is 3.98. The van der Waals surface area contributed by atoms with Gasteiger partial charge in [-0.25, -0.2) is 4.98 Å². The van der Waals surface area contributed by atoms with Crippen LogP contribution >= 0.6 is 0 Å². The first kappa shape index (κ1) is 11.8. The molecule has 0 fully saturated rings. The normalized spacial score (nSPS) is 14.3. The number of aromatic nitrogens is 2. The highest BCUT2D eigenvalue weighted by atomic mass is 16.2. The van der Waals surface area contributed by atoms with E-state index in [1.165, 1.54) is 0 Å². The lowest BCUT2D eigenvalue weighted by molar-refractivity contribution is 0.0708. The number of benzene rings is 1. The van der Waals surface area contributed by atoms with E-state index in [0.717, 1.165) is 17.9 Å². The molecule has 3 rings (SSSR count). The Morgan fingerprint density at radius 1 is 1.37 bits per heavy atom. The van der Waals surface area contributed by atoms with Gasteiger partial charge in [-0.3, -0.25) is 4.79 Å². The first-order valence-electron chi connectivity index (χ1n) is 6.30. The highest BCUT2D eigenvalue weighted by Crippen LogP contribution is 2.19. The molecule has 0 saturated carbocycles. The van der Waals surface area contributed by atoms with E-state index in [9.17, 15) is 4.79 Å². The molecule has 1 aliphatic heterocycles. The summed E-state index contributed by atoms with van der Waals surface area (Å²) in [5.74, 6) is 0.900. The zero-order valence-electron chi connectivity index (χ0n) is 10.8. The van der Waals surface area contributed by atoms with Crippen LogP contribution < -0.4 is 5.73 Å². The third kappa shape index (κ3) is 2.07. The molecule has 0 aliphatic carbocycles. The van der Waals surface area contributed by atoms with Gasteiger partial charge in [0.2, 0.25) is 0 Å². The van der Waals surface area contributed by atoms with Gasteiger partial charge in [-0.2, -0.15) is 0 Å². The molecule has 0 spiro atoms. The second-order valence-electron chi connectivity index (χ2n) is 4.85. The molecule has 2 aromatic rings. The molecule has 98 valence electrons. The van der Waals surface area contributed by atoms with Gasteiger partial charge in [0.05, 0.1) is 12.1 Å². The number of nitrogens with zero attached hydrogens (tertiary/aromatic N) is 3. The predicted octanol–water partition coefficient (Wildman–Crippen LogP) is 1.43. The number of nitrogen functional groups attached to an aromatic ring is 1. The van der Waals surface area contributed by atoms with Gasteiger partial charge < -0.3 is 15.2 Å². The molecular weight excluding hydrogens is 240 g/mol. The lowest BCUT2D eigenvalue weighted by Crippen LogP contribution is -2.38. The fraction of sp³-hybridized carbons (Fsp3) is 0.286. The summed E-state index contributed by atoms with van der Waals surface area (Å²) in [6.07, 6.45) is 3.71. The van der Waals surface area contributed by atoms with Gasteiger partial charge in [0.1, 0.15) is 5.82 Å². The molecule has 5 nitrogen and oxygen atoms in total. The molecule has 0 unspecified atom stereocenters. The minimum Gasteiger partial charge on any atom is -0.398 e. The minimum absolute atomic E-state index is 0.0215. The average Bonchev–Trinajstić information content (AvgIpc) is 2.85. The molecule has 19 heavy (non-hydrogen) atoms. The van der Waals surface area contributed by atoms with Crippen molar-refractivity contribution in [3.8, 4) is 0 Å². The number of amides is 1. The number of fused-ring (bicyclic) bond motifs is 1. The Hall–Kier alpha value is -2.30. The van der Waals surface area contributed by atoms with Crippen molar-refractivity contribution >= 4 is 11.6 Å². The third-order valence-electron chi connectivity index (χ3n) is 3.47. The Balaban J connectivity index is 1.85. The number of carbonyl (C=O) groups is 1. The van der Waals surface area contributed by atoms with Crippen molar-refractivity contribution in [2.24, 2.45) is 0 Å². The van der Waals surface area contributed by atoms with Gasteiger partial charge in [0.25, 0.3) is 5.91 Å². The second-order valence-corrected chi connectivity index (χ2v) is 4.85. The standard InChI is InChI=1S/C14H16N4O/c1-10-2-3-11(12(15)8-10)14(19)18-7-6-17-5-4-16-13(17)9-18/h2-5,8H,6-7,9,15H2,1H3. The Kier molecular flexibility index (Phi) is 2.74. The first-order valence-corrected chi connectivity index (χ1v) is 6.30. The molecule has 2 heterocycles. The monoisotopic (exact) mass is 256 g/mol. The van der Waals surface area contributed by atoms with Crippen molar-refractivity contribution in [2.45, 2.75) is 20.0 Å². The first-order chi connectivity index (χ1) is 9.15. The Morgan fingerprint density at radius 2 is 2.21 bits per heavy atom. The van der Waals surface area contributed by atoms with Crippen molar-refractivity contribution in [3.63, 3.8) is 0 Å². The van der Waals surface area contributed by atoms with Crippen LogP contribution in [0.2, 0.25) is 0 Å². The lowest BCUT2D eigenvalue weighted by Gasteiger charge is -2.28. The number of anilines is 1. The van der Waals surface area contributed by atoms with Crippen molar-refractivity contribution < 1.29 is 4.79 Å². The number of aryl methyl sites for hydroxylation is 1. The lowest BCUT2D eigenvalue weighted by atomic mass is 10.1. The van der Waals surface area contributed by atoms with E-state index in [1.54, 1.807) is 17.2 Å². The van der Waals surface area contributed by atoms with Crippen molar-refractivity contribution in [3.05, 3.63) is 47.5 Å². The quantitative estimate of drug-likeness (QED) is 0.785. The maximum absolute atomic E-state index is 12.5. The van der Waals surface area contributed by atoms with E-state index in [-0.39, 0.29) is 5.91 Å². The zero-order valence-corrected chi connectivity index (χ0v) is 10.8. The molecule has 0 radical (unpaired) electrons. The van der Waals surface area contributed by atoms with E-state index in [1.807, 2.05) is 25.3 Å². The van der Waals surface area contributed by atoms with E-state index < -0.39 is 0 Å². The van der Waals surface area contributed by atoms with Gasteiger partial charge in [0.15, 0.2) is 0 Å². The minimum atomic E-state index is -0.0215. The average molecular weight is 256 g/mol. The molecule has 0 saturated heterocycles. The number of hydrogen-bond acceptors (Lipinski definition) is 3. The third-order valence-corrected chi connectivity index (χ3v) is 3.47. The van der Waals surface area contributed by atoms with Crippen LogP contribution in [0.1, 0.15) is 21.7 Å². The Labute approximate surface area is 111 Å². The van der Waals surface area contributed by atoms with Gasteiger partial charge in [-0.15, -0.1) is 0 Å². The summed E-state index contributed by atoms with van der Waals surface area (Å²) in [4.78, 5) is 18.5. The van der Waals surface area contributed by atoms with Gasteiger partial charge in [-0.1, -0.05) is 6.07 Å². The summed E-state index contributed by atoms with van der Waals surface area (Å²) in [5, 5.41) is 0. The second kappa shape index (κ2) is 4.42. The van der Waals surface area contributed by atoms with Gasteiger partial charge >= 0.3 is 0 Å². The van der Waals surface area contributed by atoms with Crippen LogP contribution in [0.3, 0.4) is 0 Å². The smallest absolute Gasteiger partial charge is 0.256 e. The fourth-order valence-electron chi connectivity index (χ4n) is 2.39. The molecular formula is C14H16N4O. The van der Waals surface area contributed by atoms with Crippen LogP contribution in [0.15, 0.2) is 30.6 Å². The topological polar surface area (TPSA) is 64.2 Å². The maximum atomic E-state index is 12.5. The predicted molar refractivity (Wildman–Crippen MR) is 72.6 cm³/mol. The van der Waals surface area contributed by atoms with Crippen LogP contribution in [-0.4, -0.2) is 26.9 Å². The number of hydrogen-bond donors (Lipinski definition) is 1. The summed E-state index contributed by atoms with van der Waals surface area (Å²) >= 11 is 0. The summed E-state index contributed by atoms with van der Waals surface area (Å²) in [7, 11) is 0. The van der Waals surface area contributed by atoms with Gasteiger partial charge in [-0.05, 0) is 24.6 Å². The van der Waals surface area contributed by atoms with Crippen LogP contribution in [0.25, 0.3) is 0 Å². The molecule has 2 N–H and O–H groups in total. The maximum Gasteiger partial charge on any atom is 0.256 e. The van der Waals surface area contributed by atoms with Crippen LogP contribution in [0.4, 0.5) is 5.69 Å². The van der Waals surface area contributed by atoms with Crippen molar-refractivity contribution in [1.29, 1.82) is 0 Å². The molecule has 1 aromatic heterocycles. The zero-order chi connectivity index (χ0) is 13.4. The highest BCUT2D eigenvalue weighted by molar-refractivity contribution is 5.99. The van der Waals surface area contributed by atoms with E-state index in [2.05, 4.69) is 9.55 Å². The summed E-state index contributed by atoms with van der Waals surface area (Å²) in [6, 6.07) is 5.54. The number of imidazole rings is 1. The molecule has 5 heteroatoms. The molecule has 1 aliphatic rings. The number of nitrogens with two attached hydrogens (primary N) is 1. The van der Waals surface area contributed by atoms with Crippen molar-refractivity contribution in [1.82, 2.24) is 14.5 Å². The number of rotatable bonds is 1. The van der Waals surface area contributed by atoms with Crippen LogP contribution in [0, 0.1) is 6.92 Å². The number of carbonyl (C=O) groups excluding carboxylic acids is 1.